The summed E-state index contributed by atoms with van der Waals surface area (Å²) in [6, 6.07) is 51.2. The van der Waals surface area contributed by atoms with E-state index in [1.165, 1.54) is 71.6 Å². The van der Waals surface area contributed by atoms with Crippen molar-refractivity contribution in [3.63, 3.8) is 0 Å². The highest BCUT2D eigenvalue weighted by molar-refractivity contribution is 9.10. The van der Waals surface area contributed by atoms with Crippen molar-refractivity contribution in [1.29, 1.82) is 0 Å². The zero-order valence-corrected chi connectivity index (χ0v) is 28.2. The van der Waals surface area contributed by atoms with Crippen LogP contribution in [0.1, 0.15) is 26.3 Å². The Morgan fingerprint density at radius 3 is 1.11 bits per heavy atom. The summed E-state index contributed by atoms with van der Waals surface area (Å²) in [5, 5.41) is 5.11. The zero-order valence-electron chi connectivity index (χ0n) is 25.0. The van der Waals surface area contributed by atoms with E-state index >= 15 is 0 Å². The Labute approximate surface area is 276 Å². The molecule has 0 fully saturated rings. The molecule has 0 saturated heterocycles. The van der Waals surface area contributed by atoms with Crippen LogP contribution >= 0.6 is 31.9 Å². The SMILES string of the molecule is CC(C)(C)c1ccc2c(-c3ccc(-c4ccc(Br)cc4)cc3)c3ccccc3c(-c3ccc(-c4ccc(Br)cc4)cc3)c2c1. The molecule has 44 heavy (non-hydrogen) atoms. The van der Waals surface area contributed by atoms with Gasteiger partial charge in [-0.3, -0.25) is 0 Å². The highest BCUT2D eigenvalue weighted by Crippen LogP contribution is 2.45. The molecule has 7 aromatic carbocycles. The molecule has 0 aliphatic rings. The second-order valence-electron chi connectivity index (χ2n) is 12.5. The van der Waals surface area contributed by atoms with Gasteiger partial charge < -0.3 is 0 Å². The van der Waals surface area contributed by atoms with Gasteiger partial charge in [0, 0.05) is 8.95 Å². The number of halogens is 2. The molecule has 0 saturated carbocycles. The lowest BCUT2D eigenvalue weighted by molar-refractivity contribution is 0.591. The van der Waals surface area contributed by atoms with Crippen LogP contribution in [0.25, 0.3) is 66.1 Å². The molecule has 0 aliphatic heterocycles. The molecule has 7 rings (SSSR count). The maximum absolute atomic E-state index is 3.56. The lowest BCUT2D eigenvalue weighted by Gasteiger charge is -2.23. The Balaban J connectivity index is 1.45. The van der Waals surface area contributed by atoms with Crippen molar-refractivity contribution in [2.75, 3.05) is 0 Å². The van der Waals surface area contributed by atoms with Crippen LogP contribution in [0.2, 0.25) is 0 Å². The molecular weight excluding hydrogens is 664 g/mol. The van der Waals surface area contributed by atoms with Gasteiger partial charge in [0.2, 0.25) is 0 Å². The summed E-state index contributed by atoms with van der Waals surface area (Å²) in [6.07, 6.45) is 0. The molecule has 0 aliphatic carbocycles. The molecular formula is C42H32Br2. The normalized spacial score (nSPS) is 11.8. The largest absolute Gasteiger partial charge is 0.0616 e. The van der Waals surface area contributed by atoms with E-state index in [0.717, 1.165) is 8.95 Å². The quantitative estimate of drug-likeness (QED) is 0.161. The standard InChI is InChI=1S/C42H32Br2/c1-42(2,3)33-20-25-38-39(26-33)41(32-14-10-28(11-15-32)30-18-23-35(44)24-19-30)37-7-5-4-6-36(37)40(38)31-12-8-27(9-13-31)29-16-21-34(43)22-17-29/h4-26H,1-3H3. The third kappa shape index (κ3) is 5.42. The Morgan fingerprint density at radius 1 is 0.364 bits per heavy atom. The highest BCUT2D eigenvalue weighted by atomic mass is 79.9. The van der Waals surface area contributed by atoms with Gasteiger partial charge in [0.05, 0.1) is 0 Å². The average molecular weight is 697 g/mol. The zero-order chi connectivity index (χ0) is 30.4. The van der Waals surface area contributed by atoms with Crippen LogP contribution in [-0.2, 0) is 5.41 Å². The Bertz CT molecular complexity index is 2110. The molecule has 0 N–H and O–H groups in total. The van der Waals surface area contributed by atoms with E-state index in [0.29, 0.717) is 0 Å². The van der Waals surface area contributed by atoms with Crippen LogP contribution in [0, 0.1) is 0 Å². The van der Waals surface area contributed by atoms with E-state index in [-0.39, 0.29) is 5.41 Å². The Morgan fingerprint density at radius 2 is 0.705 bits per heavy atom. The smallest absolute Gasteiger partial charge is 0.0175 e. The second kappa shape index (κ2) is 11.5. The lowest BCUT2D eigenvalue weighted by atomic mass is 9.81. The number of rotatable bonds is 4. The first-order valence-electron chi connectivity index (χ1n) is 15.0. The molecule has 0 amide bonds. The van der Waals surface area contributed by atoms with Crippen molar-refractivity contribution in [2.45, 2.75) is 26.2 Å². The molecule has 0 bridgehead atoms. The minimum Gasteiger partial charge on any atom is -0.0616 e. The molecule has 7 aromatic rings. The van der Waals surface area contributed by atoms with Gasteiger partial charge in [0.15, 0.2) is 0 Å². The monoisotopic (exact) mass is 694 g/mol. The molecule has 0 aromatic heterocycles. The molecule has 0 atom stereocenters. The van der Waals surface area contributed by atoms with Gasteiger partial charge in [-0.25, -0.2) is 0 Å². The van der Waals surface area contributed by atoms with E-state index < -0.39 is 0 Å². The van der Waals surface area contributed by atoms with Crippen molar-refractivity contribution in [3.05, 3.63) is 154 Å². The fraction of sp³-hybridized carbons (Fsp3) is 0.0952. The van der Waals surface area contributed by atoms with E-state index in [9.17, 15) is 0 Å². The molecule has 0 nitrogen and oxygen atoms in total. The highest BCUT2D eigenvalue weighted by Gasteiger charge is 2.20. The summed E-state index contributed by atoms with van der Waals surface area (Å²) in [6.45, 7) is 6.89. The van der Waals surface area contributed by atoms with Crippen molar-refractivity contribution in [3.8, 4) is 44.5 Å². The second-order valence-corrected chi connectivity index (χ2v) is 14.3. The van der Waals surface area contributed by atoms with Crippen molar-refractivity contribution in [1.82, 2.24) is 0 Å². The third-order valence-corrected chi connectivity index (χ3v) is 9.65. The summed E-state index contributed by atoms with van der Waals surface area (Å²) in [4.78, 5) is 0. The van der Waals surface area contributed by atoms with Crippen LogP contribution in [-0.4, -0.2) is 0 Å². The molecule has 0 spiro atoms. The fourth-order valence-corrected chi connectivity index (χ4v) is 6.74. The van der Waals surface area contributed by atoms with Gasteiger partial charge in [-0.05, 0) is 107 Å². The van der Waals surface area contributed by atoms with E-state index in [1.807, 2.05) is 0 Å². The van der Waals surface area contributed by atoms with E-state index in [2.05, 4.69) is 192 Å². The number of hydrogen-bond acceptors (Lipinski definition) is 0. The number of hydrogen-bond donors (Lipinski definition) is 0. The maximum atomic E-state index is 3.56. The summed E-state index contributed by atoms with van der Waals surface area (Å²) in [7, 11) is 0. The van der Waals surface area contributed by atoms with Gasteiger partial charge in [0.25, 0.3) is 0 Å². The maximum Gasteiger partial charge on any atom is 0.0175 e. The van der Waals surface area contributed by atoms with E-state index in [4.69, 9.17) is 0 Å². The lowest BCUT2D eigenvalue weighted by Crippen LogP contribution is -2.10. The van der Waals surface area contributed by atoms with Crippen molar-refractivity contribution in [2.24, 2.45) is 0 Å². The topological polar surface area (TPSA) is 0 Å². The molecule has 0 radical (unpaired) electrons. The van der Waals surface area contributed by atoms with Crippen LogP contribution in [0.5, 0.6) is 0 Å². The van der Waals surface area contributed by atoms with Gasteiger partial charge in [-0.2, -0.15) is 0 Å². The van der Waals surface area contributed by atoms with Crippen LogP contribution in [0.4, 0.5) is 0 Å². The molecule has 0 unspecified atom stereocenters. The molecule has 0 heterocycles. The van der Waals surface area contributed by atoms with Crippen LogP contribution in [0.3, 0.4) is 0 Å². The minimum atomic E-state index is 0.0367. The molecule has 214 valence electrons. The van der Waals surface area contributed by atoms with E-state index in [1.54, 1.807) is 0 Å². The summed E-state index contributed by atoms with van der Waals surface area (Å²) in [5.74, 6) is 0. The Kier molecular flexibility index (Phi) is 7.52. The van der Waals surface area contributed by atoms with Gasteiger partial charge >= 0.3 is 0 Å². The van der Waals surface area contributed by atoms with Crippen molar-refractivity contribution >= 4 is 53.4 Å². The third-order valence-electron chi connectivity index (χ3n) is 8.59. The summed E-state index contributed by atoms with van der Waals surface area (Å²) >= 11 is 7.12. The first-order chi connectivity index (χ1) is 21.3. The van der Waals surface area contributed by atoms with Crippen LogP contribution < -0.4 is 0 Å². The van der Waals surface area contributed by atoms with Gasteiger partial charge in [-0.15, -0.1) is 0 Å². The molecule has 2 heteroatoms. The summed E-state index contributed by atoms with van der Waals surface area (Å²) < 4.78 is 2.18. The Hall–Kier alpha value is -3.98. The predicted octanol–water partition coefficient (Wildman–Crippen LogP) is 13.5. The first kappa shape index (κ1) is 28.8. The fourth-order valence-electron chi connectivity index (χ4n) is 6.21. The van der Waals surface area contributed by atoms with Crippen molar-refractivity contribution < 1.29 is 0 Å². The average Bonchev–Trinajstić information content (AvgIpc) is 3.04. The number of fused-ring (bicyclic) bond motifs is 2. The van der Waals surface area contributed by atoms with Gasteiger partial charge in [0.1, 0.15) is 0 Å². The number of benzene rings is 7. The minimum absolute atomic E-state index is 0.0367. The van der Waals surface area contributed by atoms with Gasteiger partial charge in [-0.1, -0.05) is 162 Å². The summed E-state index contributed by atoms with van der Waals surface area (Å²) in [5.41, 5.74) is 11.3. The first-order valence-corrected chi connectivity index (χ1v) is 16.6. The predicted molar refractivity (Wildman–Crippen MR) is 197 cm³/mol. The van der Waals surface area contributed by atoms with Crippen LogP contribution in [0.15, 0.2) is 148 Å².